The molecule has 11 heavy (non-hydrogen) atoms. The van der Waals surface area contributed by atoms with Crippen molar-refractivity contribution >= 4 is 5.78 Å². The number of Topliss-reactive ketones (excluding diaryl/α,β-unsaturated/α-hetero) is 1. The summed E-state index contributed by atoms with van der Waals surface area (Å²) in [5, 5.41) is 4.14. The molecular weight excluding hydrogens is 140 g/mol. The quantitative estimate of drug-likeness (QED) is 0.597. The van der Waals surface area contributed by atoms with E-state index in [1.165, 1.54) is 12.8 Å². The molecule has 2 rings (SSSR count). The number of hydrogen-bond donors (Lipinski definition) is 0. The van der Waals surface area contributed by atoms with Crippen LogP contribution in [0, 0.1) is 0 Å². The minimum absolute atomic E-state index is 0.0457. The third-order valence-electron chi connectivity index (χ3n) is 1.89. The van der Waals surface area contributed by atoms with E-state index in [4.69, 9.17) is 0 Å². The van der Waals surface area contributed by atoms with Crippen LogP contribution in [0.5, 0.6) is 0 Å². The maximum atomic E-state index is 10.8. The molecule has 1 saturated carbocycles. The molecule has 3 nitrogen and oxygen atoms in total. The summed E-state index contributed by atoms with van der Waals surface area (Å²) >= 11 is 0. The topological polar surface area (TPSA) is 34.9 Å². The van der Waals surface area contributed by atoms with E-state index in [-0.39, 0.29) is 5.78 Å². The zero-order valence-electron chi connectivity index (χ0n) is 6.45. The van der Waals surface area contributed by atoms with Crippen LogP contribution in [0.1, 0.15) is 36.3 Å². The molecule has 0 N–H and O–H groups in total. The van der Waals surface area contributed by atoms with Crippen molar-refractivity contribution in [2.45, 2.75) is 25.8 Å². The van der Waals surface area contributed by atoms with E-state index < -0.39 is 0 Å². The number of rotatable bonds is 2. The van der Waals surface area contributed by atoms with E-state index in [0.29, 0.717) is 11.7 Å². The van der Waals surface area contributed by atoms with Gasteiger partial charge in [0.1, 0.15) is 5.69 Å². The highest BCUT2D eigenvalue weighted by molar-refractivity contribution is 5.91. The Morgan fingerprint density at radius 3 is 2.91 bits per heavy atom. The highest BCUT2D eigenvalue weighted by atomic mass is 16.1. The Balaban J connectivity index is 2.25. The van der Waals surface area contributed by atoms with E-state index in [1.54, 1.807) is 13.0 Å². The van der Waals surface area contributed by atoms with Gasteiger partial charge in [-0.2, -0.15) is 5.10 Å². The van der Waals surface area contributed by atoms with E-state index in [2.05, 4.69) is 5.10 Å². The Hall–Kier alpha value is -1.12. The number of ketones is 1. The first-order chi connectivity index (χ1) is 5.27. The summed E-state index contributed by atoms with van der Waals surface area (Å²) in [5.74, 6) is 0.0457. The van der Waals surface area contributed by atoms with Crippen molar-refractivity contribution in [3.8, 4) is 0 Å². The Kier molecular flexibility index (Phi) is 1.31. The second-order valence-electron chi connectivity index (χ2n) is 2.97. The molecule has 3 heteroatoms. The molecule has 1 aromatic rings. The van der Waals surface area contributed by atoms with Crippen molar-refractivity contribution in [3.63, 3.8) is 0 Å². The van der Waals surface area contributed by atoms with Gasteiger partial charge in [-0.15, -0.1) is 0 Å². The normalized spacial score (nSPS) is 16.8. The number of carbonyl (C=O) groups is 1. The van der Waals surface area contributed by atoms with Gasteiger partial charge in [-0.25, -0.2) is 0 Å². The highest BCUT2D eigenvalue weighted by Gasteiger charge is 2.24. The number of nitrogens with zero attached hydrogens (tertiary/aromatic N) is 2. The average Bonchev–Trinajstić information content (AvgIpc) is 2.68. The second kappa shape index (κ2) is 2.19. The minimum atomic E-state index is 0.0457. The van der Waals surface area contributed by atoms with Gasteiger partial charge in [0.2, 0.25) is 0 Å². The number of hydrogen-bond acceptors (Lipinski definition) is 2. The van der Waals surface area contributed by atoms with Crippen molar-refractivity contribution in [1.82, 2.24) is 9.78 Å². The summed E-state index contributed by atoms with van der Waals surface area (Å²) in [7, 11) is 0. The molecule has 1 heterocycles. The summed E-state index contributed by atoms with van der Waals surface area (Å²) in [6, 6.07) is 2.35. The van der Waals surface area contributed by atoms with Crippen LogP contribution >= 0.6 is 0 Å². The van der Waals surface area contributed by atoms with Gasteiger partial charge in [0.15, 0.2) is 5.78 Å². The molecule has 0 aliphatic heterocycles. The standard InChI is InChI=1S/C8H10N2O/c1-6(11)8-4-5-10(9-8)7-2-3-7/h4-5,7H,2-3H2,1H3. The lowest BCUT2D eigenvalue weighted by Crippen LogP contribution is -1.98. The predicted octanol–water partition coefficient (Wildman–Crippen LogP) is 1.42. The summed E-state index contributed by atoms with van der Waals surface area (Å²) in [5.41, 5.74) is 0.580. The van der Waals surface area contributed by atoms with Gasteiger partial charge < -0.3 is 0 Å². The molecule has 0 radical (unpaired) electrons. The Bertz CT molecular complexity index is 286. The van der Waals surface area contributed by atoms with Crippen molar-refractivity contribution in [3.05, 3.63) is 18.0 Å². The van der Waals surface area contributed by atoms with Crippen LogP contribution in [0.25, 0.3) is 0 Å². The van der Waals surface area contributed by atoms with Gasteiger partial charge in [-0.05, 0) is 18.9 Å². The fraction of sp³-hybridized carbons (Fsp3) is 0.500. The van der Waals surface area contributed by atoms with Crippen molar-refractivity contribution in [2.24, 2.45) is 0 Å². The molecule has 0 aromatic carbocycles. The fourth-order valence-electron chi connectivity index (χ4n) is 1.07. The molecule has 0 atom stereocenters. The monoisotopic (exact) mass is 150 g/mol. The van der Waals surface area contributed by atoms with Crippen molar-refractivity contribution in [2.75, 3.05) is 0 Å². The SMILES string of the molecule is CC(=O)c1ccn(C2CC2)n1. The van der Waals surface area contributed by atoms with Gasteiger partial charge in [0.25, 0.3) is 0 Å². The summed E-state index contributed by atoms with van der Waals surface area (Å²) in [4.78, 5) is 10.8. The van der Waals surface area contributed by atoms with Crippen LogP contribution in [0.15, 0.2) is 12.3 Å². The van der Waals surface area contributed by atoms with Gasteiger partial charge in [-0.1, -0.05) is 0 Å². The van der Waals surface area contributed by atoms with Gasteiger partial charge in [-0.3, -0.25) is 9.48 Å². The third-order valence-corrected chi connectivity index (χ3v) is 1.89. The van der Waals surface area contributed by atoms with E-state index in [1.807, 2.05) is 10.9 Å². The van der Waals surface area contributed by atoms with Crippen molar-refractivity contribution in [1.29, 1.82) is 0 Å². The maximum Gasteiger partial charge on any atom is 0.179 e. The highest BCUT2D eigenvalue weighted by Crippen LogP contribution is 2.33. The molecule has 0 amide bonds. The smallest absolute Gasteiger partial charge is 0.179 e. The van der Waals surface area contributed by atoms with E-state index >= 15 is 0 Å². The lowest BCUT2D eigenvalue weighted by Gasteiger charge is -1.93. The zero-order valence-corrected chi connectivity index (χ0v) is 6.45. The first-order valence-corrected chi connectivity index (χ1v) is 3.83. The molecule has 0 saturated heterocycles. The third kappa shape index (κ3) is 1.18. The van der Waals surface area contributed by atoms with Crippen LogP contribution in [0.2, 0.25) is 0 Å². The Morgan fingerprint density at radius 2 is 2.45 bits per heavy atom. The number of carbonyl (C=O) groups excluding carboxylic acids is 1. The van der Waals surface area contributed by atoms with Crippen LogP contribution in [0.3, 0.4) is 0 Å². The molecule has 58 valence electrons. The molecular formula is C8H10N2O. The molecule has 1 aliphatic carbocycles. The molecule has 1 fully saturated rings. The lowest BCUT2D eigenvalue weighted by atomic mass is 10.3. The molecule has 0 spiro atoms. The molecule has 0 bridgehead atoms. The van der Waals surface area contributed by atoms with Crippen LogP contribution in [-0.4, -0.2) is 15.6 Å². The Morgan fingerprint density at radius 1 is 1.73 bits per heavy atom. The minimum Gasteiger partial charge on any atom is -0.293 e. The summed E-state index contributed by atoms with van der Waals surface area (Å²) in [6.45, 7) is 1.54. The molecule has 1 aromatic heterocycles. The molecule has 0 unspecified atom stereocenters. The van der Waals surface area contributed by atoms with E-state index in [0.717, 1.165) is 0 Å². The first kappa shape index (κ1) is 6.58. The lowest BCUT2D eigenvalue weighted by molar-refractivity contribution is 0.101. The fourth-order valence-corrected chi connectivity index (χ4v) is 1.07. The average molecular weight is 150 g/mol. The largest absolute Gasteiger partial charge is 0.293 e. The van der Waals surface area contributed by atoms with Crippen molar-refractivity contribution < 1.29 is 4.79 Å². The van der Waals surface area contributed by atoms with Gasteiger partial charge in [0.05, 0.1) is 6.04 Å². The van der Waals surface area contributed by atoms with Crippen LogP contribution < -0.4 is 0 Å². The van der Waals surface area contributed by atoms with Gasteiger partial charge >= 0.3 is 0 Å². The predicted molar refractivity (Wildman–Crippen MR) is 40.5 cm³/mol. The maximum absolute atomic E-state index is 10.8. The first-order valence-electron chi connectivity index (χ1n) is 3.83. The zero-order chi connectivity index (χ0) is 7.84. The van der Waals surface area contributed by atoms with Crippen LogP contribution in [-0.2, 0) is 0 Å². The van der Waals surface area contributed by atoms with Crippen LogP contribution in [0.4, 0.5) is 0 Å². The Labute approximate surface area is 65.0 Å². The molecule has 1 aliphatic rings. The summed E-state index contributed by atoms with van der Waals surface area (Å²) in [6.07, 6.45) is 4.30. The van der Waals surface area contributed by atoms with Gasteiger partial charge in [0, 0.05) is 13.1 Å². The summed E-state index contributed by atoms with van der Waals surface area (Å²) < 4.78 is 1.89. The van der Waals surface area contributed by atoms with E-state index in [9.17, 15) is 4.79 Å². The second-order valence-corrected chi connectivity index (χ2v) is 2.97. The number of aromatic nitrogens is 2.